The first kappa shape index (κ1) is 74.3. The molecule has 1 atom stereocenters. The van der Waals surface area contributed by atoms with Gasteiger partial charge in [0.25, 0.3) is 0 Å². The lowest BCUT2D eigenvalue weighted by Crippen LogP contribution is -2.30. The van der Waals surface area contributed by atoms with Gasteiger partial charge < -0.3 is 14.2 Å². The van der Waals surface area contributed by atoms with Crippen LogP contribution in [0.15, 0.2) is 146 Å². The Bertz CT molecular complexity index is 1730. The van der Waals surface area contributed by atoms with Crippen LogP contribution in [0.1, 0.15) is 278 Å². The predicted octanol–water partition coefficient (Wildman–Crippen LogP) is 22.3. The summed E-state index contributed by atoms with van der Waals surface area (Å²) in [4.78, 5) is 38.4. The Morgan fingerprint density at radius 3 is 0.823 bits per heavy atom. The number of carbonyl (C=O) groups excluding carboxylic acids is 3. The van der Waals surface area contributed by atoms with Crippen LogP contribution in [0.25, 0.3) is 0 Å². The van der Waals surface area contributed by atoms with Crippen LogP contribution >= 0.6 is 0 Å². The Hall–Kier alpha value is -4.71. The van der Waals surface area contributed by atoms with Gasteiger partial charge in [0.1, 0.15) is 13.2 Å². The maximum absolute atomic E-state index is 12.9. The number of rotatable bonds is 57. The van der Waals surface area contributed by atoms with E-state index < -0.39 is 12.1 Å². The van der Waals surface area contributed by atoms with E-state index in [0.29, 0.717) is 19.3 Å². The van der Waals surface area contributed by atoms with Crippen molar-refractivity contribution in [1.29, 1.82) is 0 Å². The van der Waals surface area contributed by atoms with E-state index in [4.69, 9.17) is 14.2 Å². The molecule has 0 aliphatic rings. The highest BCUT2D eigenvalue weighted by molar-refractivity contribution is 5.71. The maximum atomic E-state index is 12.9. The van der Waals surface area contributed by atoms with E-state index in [1.807, 2.05) is 6.08 Å². The molecule has 0 rings (SSSR count). The van der Waals surface area contributed by atoms with Crippen molar-refractivity contribution in [2.75, 3.05) is 13.2 Å². The molecule has 0 aromatic heterocycles. The van der Waals surface area contributed by atoms with Gasteiger partial charge in [-0.1, -0.05) is 276 Å². The van der Waals surface area contributed by atoms with Crippen molar-refractivity contribution in [1.82, 2.24) is 0 Å². The lowest BCUT2D eigenvalue weighted by molar-refractivity contribution is -0.166. The lowest BCUT2D eigenvalue weighted by Gasteiger charge is -2.18. The minimum absolute atomic E-state index is 0.116. The third-order valence-electron chi connectivity index (χ3n) is 13.3. The Labute approximate surface area is 487 Å². The second-order valence-corrected chi connectivity index (χ2v) is 20.9. The second-order valence-electron chi connectivity index (χ2n) is 20.9. The van der Waals surface area contributed by atoms with Gasteiger partial charge in [0.2, 0.25) is 0 Å². The first-order chi connectivity index (χ1) is 39.0. The molecule has 0 saturated carbocycles. The van der Waals surface area contributed by atoms with E-state index >= 15 is 0 Å². The topological polar surface area (TPSA) is 78.9 Å². The molecule has 0 bridgehead atoms. The highest BCUT2D eigenvalue weighted by Crippen LogP contribution is 2.15. The van der Waals surface area contributed by atoms with Gasteiger partial charge in [-0.2, -0.15) is 0 Å². The fourth-order valence-electron chi connectivity index (χ4n) is 8.55. The van der Waals surface area contributed by atoms with Crippen molar-refractivity contribution in [3.63, 3.8) is 0 Å². The molecule has 0 amide bonds. The van der Waals surface area contributed by atoms with Crippen LogP contribution in [-0.2, 0) is 28.6 Å². The molecule has 0 spiro atoms. The maximum Gasteiger partial charge on any atom is 0.306 e. The van der Waals surface area contributed by atoms with Gasteiger partial charge in [-0.3, -0.25) is 14.4 Å². The summed E-state index contributed by atoms with van der Waals surface area (Å²) >= 11 is 0. The van der Waals surface area contributed by atoms with Gasteiger partial charge in [-0.15, -0.1) is 0 Å². The average molecular weight is 1090 g/mol. The molecule has 0 aromatic carbocycles. The summed E-state index contributed by atoms with van der Waals surface area (Å²) in [6.07, 6.45) is 94.3. The largest absolute Gasteiger partial charge is 0.462 e. The molecule has 6 nitrogen and oxygen atoms in total. The van der Waals surface area contributed by atoms with E-state index in [9.17, 15) is 14.4 Å². The van der Waals surface area contributed by atoms with Crippen molar-refractivity contribution < 1.29 is 28.6 Å². The molecule has 1 unspecified atom stereocenters. The van der Waals surface area contributed by atoms with E-state index in [1.165, 1.54) is 122 Å². The number of allylic oxidation sites excluding steroid dienone is 24. The van der Waals surface area contributed by atoms with Crippen molar-refractivity contribution in [2.24, 2.45) is 0 Å². The SMILES string of the molecule is CC/C=C\C/C=C\C/C=C\C/C=C\C/C=C\C/C=C\CCC(=O)OC(COC(=O)CCCCCCCCCCC/C=C\C/C=C\CCCCC)COC(=O)CCCCCCCCCCCC/C=C\C/C=C\C/C=C\C/C=C\CC. The highest BCUT2D eigenvalue weighted by Gasteiger charge is 2.19. The molecule has 6 heteroatoms. The van der Waals surface area contributed by atoms with Crippen LogP contribution in [0.3, 0.4) is 0 Å². The number of carbonyl (C=O) groups is 3. The van der Waals surface area contributed by atoms with E-state index in [0.717, 1.165) is 109 Å². The van der Waals surface area contributed by atoms with Crippen LogP contribution in [-0.4, -0.2) is 37.2 Å². The summed E-state index contributed by atoms with van der Waals surface area (Å²) in [5, 5.41) is 0. The summed E-state index contributed by atoms with van der Waals surface area (Å²) in [6, 6.07) is 0. The number of unbranched alkanes of at least 4 members (excludes halogenated alkanes) is 22. The quantitative estimate of drug-likeness (QED) is 0.0261. The Balaban J connectivity index is 4.50. The van der Waals surface area contributed by atoms with Gasteiger partial charge >= 0.3 is 17.9 Å². The smallest absolute Gasteiger partial charge is 0.306 e. The number of esters is 3. The van der Waals surface area contributed by atoms with Crippen molar-refractivity contribution in [2.45, 2.75) is 284 Å². The normalized spacial score (nSPS) is 13.1. The monoisotopic (exact) mass is 1090 g/mol. The van der Waals surface area contributed by atoms with Crippen LogP contribution in [0, 0.1) is 0 Å². The van der Waals surface area contributed by atoms with Crippen molar-refractivity contribution in [3.8, 4) is 0 Å². The lowest BCUT2D eigenvalue weighted by atomic mass is 10.1. The first-order valence-electron chi connectivity index (χ1n) is 32.3. The van der Waals surface area contributed by atoms with E-state index in [1.54, 1.807) is 0 Å². The fourth-order valence-corrected chi connectivity index (χ4v) is 8.55. The zero-order valence-electron chi connectivity index (χ0n) is 51.1. The second kappa shape index (κ2) is 65.8. The number of hydrogen-bond acceptors (Lipinski definition) is 6. The van der Waals surface area contributed by atoms with Gasteiger partial charge in [0.15, 0.2) is 6.10 Å². The van der Waals surface area contributed by atoms with Gasteiger partial charge in [-0.25, -0.2) is 0 Å². The highest BCUT2D eigenvalue weighted by atomic mass is 16.6. The standard InChI is InChI=1S/C73H118O6/c1-4-7-10-13-16-19-22-25-28-31-34-35-36-37-40-42-45-48-51-54-57-60-63-66-72(75)78-69-70(79-73(76)67-64-61-58-55-52-49-46-43-39-33-30-27-24-21-18-15-12-9-6-3)68-77-71(74)65-62-59-56-53-50-47-44-41-38-32-29-26-23-20-17-14-11-8-5-2/h7,9-10,12,16-21,25-30,34-35,39,43,49,52,58,61,70H,4-6,8,11,13-15,22-24,31-33,36-38,40-42,44-48,50-51,53-57,59-60,62-69H2,1-3H3/b10-7-,12-9-,19-16-,20-17-,21-18-,28-25-,29-26-,30-27-,35-34-,43-39-,52-49-,61-58-. The van der Waals surface area contributed by atoms with Gasteiger partial charge in [0, 0.05) is 19.3 Å². The summed E-state index contributed by atoms with van der Waals surface area (Å²) in [7, 11) is 0. The van der Waals surface area contributed by atoms with Crippen LogP contribution in [0.4, 0.5) is 0 Å². The third kappa shape index (κ3) is 64.0. The molecule has 79 heavy (non-hydrogen) atoms. The zero-order chi connectivity index (χ0) is 57.1. The Morgan fingerprint density at radius 1 is 0.266 bits per heavy atom. The van der Waals surface area contributed by atoms with Crippen LogP contribution in [0.5, 0.6) is 0 Å². The Morgan fingerprint density at radius 2 is 0.519 bits per heavy atom. The Kier molecular flexibility index (Phi) is 61.9. The minimum atomic E-state index is -0.830. The first-order valence-corrected chi connectivity index (χ1v) is 32.3. The third-order valence-corrected chi connectivity index (χ3v) is 13.3. The van der Waals surface area contributed by atoms with Crippen molar-refractivity contribution >= 4 is 17.9 Å². The molecule has 0 aliphatic carbocycles. The minimum Gasteiger partial charge on any atom is -0.462 e. The summed E-state index contributed by atoms with van der Waals surface area (Å²) in [5.41, 5.74) is 0. The van der Waals surface area contributed by atoms with Crippen molar-refractivity contribution in [3.05, 3.63) is 146 Å². The van der Waals surface area contributed by atoms with Gasteiger partial charge in [0.05, 0.1) is 0 Å². The summed E-state index contributed by atoms with van der Waals surface area (Å²) in [5.74, 6) is -1.01. The average Bonchev–Trinajstić information content (AvgIpc) is 3.45. The number of hydrogen-bond donors (Lipinski definition) is 0. The molecule has 446 valence electrons. The molecule has 0 saturated heterocycles. The molecule has 0 heterocycles. The fraction of sp³-hybridized carbons (Fsp3) is 0.630. The molecule has 0 radical (unpaired) electrons. The summed E-state index contributed by atoms with van der Waals surface area (Å²) in [6.45, 7) is 6.33. The number of ether oxygens (including phenoxy) is 3. The molecular weight excluding hydrogens is 973 g/mol. The summed E-state index contributed by atoms with van der Waals surface area (Å²) < 4.78 is 16.9. The van der Waals surface area contributed by atoms with E-state index in [2.05, 4.69) is 161 Å². The van der Waals surface area contributed by atoms with E-state index in [-0.39, 0.29) is 31.6 Å². The molecular formula is C73H118O6. The van der Waals surface area contributed by atoms with Crippen LogP contribution < -0.4 is 0 Å². The molecule has 0 N–H and O–H groups in total. The predicted molar refractivity (Wildman–Crippen MR) is 343 cm³/mol. The molecule has 0 fully saturated rings. The zero-order valence-corrected chi connectivity index (χ0v) is 51.1. The molecule has 0 aliphatic heterocycles. The molecule has 0 aromatic rings. The van der Waals surface area contributed by atoms with Crippen LogP contribution in [0.2, 0.25) is 0 Å². The van der Waals surface area contributed by atoms with Gasteiger partial charge in [-0.05, 0) is 128 Å².